The molecule has 1 amide bonds. The first-order valence-electron chi connectivity index (χ1n) is 8.80. The molecule has 0 unspecified atom stereocenters. The van der Waals surface area contributed by atoms with Crippen LogP contribution in [0.15, 0.2) is 48.8 Å². The van der Waals surface area contributed by atoms with Gasteiger partial charge in [-0.15, -0.1) is 0 Å². The van der Waals surface area contributed by atoms with E-state index in [2.05, 4.69) is 9.97 Å². The number of fused-ring (bicyclic) bond motifs is 1. The van der Waals surface area contributed by atoms with Gasteiger partial charge in [0.2, 0.25) is 5.91 Å². The van der Waals surface area contributed by atoms with Gasteiger partial charge in [0.25, 0.3) is 0 Å². The number of hydrogen-bond donors (Lipinski definition) is 0. The van der Waals surface area contributed by atoms with Crippen molar-refractivity contribution < 1.29 is 4.79 Å². The van der Waals surface area contributed by atoms with Gasteiger partial charge >= 0.3 is 0 Å². The highest BCUT2D eigenvalue weighted by Gasteiger charge is 2.17. The summed E-state index contributed by atoms with van der Waals surface area (Å²) in [5, 5.41) is 0.926. The molecule has 0 aliphatic rings. The Bertz CT molecular complexity index is 893. The fourth-order valence-corrected chi connectivity index (χ4v) is 2.93. The molecular formula is C20H23N5O. The van der Waals surface area contributed by atoms with Crippen molar-refractivity contribution in [3.8, 4) is 11.4 Å². The van der Waals surface area contributed by atoms with E-state index in [1.165, 1.54) is 0 Å². The molecule has 0 radical (unpaired) electrons. The summed E-state index contributed by atoms with van der Waals surface area (Å²) < 4.78 is 0. The molecule has 0 aliphatic carbocycles. The molecule has 0 aliphatic heterocycles. The van der Waals surface area contributed by atoms with Gasteiger partial charge in [-0.1, -0.05) is 12.1 Å². The van der Waals surface area contributed by atoms with Gasteiger partial charge in [0.15, 0.2) is 5.82 Å². The predicted octanol–water partition coefficient (Wildman–Crippen LogP) is 3.00. The van der Waals surface area contributed by atoms with Gasteiger partial charge in [-0.05, 0) is 38.1 Å². The number of pyridine rings is 1. The Hall–Kier alpha value is -3.02. The van der Waals surface area contributed by atoms with E-state index in [0.29, 0.717) is 18.9 Å². The molecule has 3 aromatic rings. The summed E-state index contributed by atoms with van der Waals surface area (Å²) >= 11 is 0. The lowest BCUT2D eigenvalue weighted by atomic mass is 10.2. The highest BCUT2D eigenvalue weighted by atomic mass is 16.2. The minimum Gasteiger partial charge on any atom is -0.350 e. The molecule has 0 N–H and O–H groups in total. The number of likely N-dealkylation sites (N-methyl/N-ethyl adjacent to an activating group) is 2. The number of para-hydroxylation sites is 1. The van der Waals surface area contributed by atoms with Gasteiger partial charge in [0, 0.05) is 43.5 Å². The second kappa shape index (κ2) is 7.91. The number of rotatable bonds is 6. The lowest BCUT2D eigenvalue weighted by Crippen LogP contribution is -2.39. The van der Waals surface area contributed by atoms with Crippen molar-refractivity contribution in [2.75, 3.05) is 31.6 Å². The number of anilines is 1. The van der Waals surface area contributed by atoms with Gasteiger partial charge in [-0.2, -0.15) is 0 Å². The average Bonchev–Trinajstić information content (AvgIpc) is 2.68. The number of hydrogen-bond acceptors (Lipinski definition) is 5. The lowest BCUT2D eigenvalue weighted by Gasteiger charge is -2.24. The van der Waals surface area contributed by atoms with Crippen LogP contribution in [0, 0.1) is 0 Å². The van der Waals surface area contributed by atoms with Crippen molar-refractivity contribution >= 4 is 22.6 Å². The van der Waals surface area contributed by atoms with Crippen LogP contribution in [0.3, 0.4) is 0 Å². The standard InChI is InChI=1S/C20H23N5O/c1-4-25(5-2)18(26)14-24(3)20-16-10-6-7-11-17(16)22-19(23-20)15-9-8-12-21-13-15/h6-13H,4-5,14H2,1-3H3. The molecule has 2 aromatic heterocycles. The largest absolute Gasteiger partial charge is 0.350 e. The first-order valence-corrected chi connectivity index (χ1v) is 8.80. The Morgan fingerprint density at radius 2 is 1.81 bits per heavy atom. The van der Waals surface area contributed by atoms with Crippen LogP contribution >= 0.6 is 0 Å². The minimum atomic E-state index is 0.0862. The van der Waals surface area contributed by atoms with E-state index in [1.807, 2.05) is 67.1 Å². The zero-order valence-electron chi connectivity index (χ0n) is 15.4. The first-order chi connectivity index (χ1) is 12.6. The molecule has 6 nitrogen and oxygen atoms in total. The maximum absolute atomic E-state index is 12.5. The lowest BCUT2D eigenvalue weighted by molar-refractivity contribution is -0.129. The second-order valence-electron chi connectivity index (χ2n) is 6.05. The summed E-state index contributed by atoms with van der Waals surface area (Å²) in [6.07, 6.45) is 3.47. The Kier molecular flexibility index (Phi) is 5.41. The molecule has 0 fully saturated rings. The fourth-order valence-electron chi connectivity index (χ4n) is 2.93. The van der Waals surface area contributed by atoms with Crippen LogP contribution in [0.4, 0.5) is 5.82 Å². The van der Waals surface area contributed by atoms with Gasteiger partial charge < -0.3 is 9.80 Å². The maximum Gasteiger partial charge on any atom is 0.242 e. The number of amides is 1. The van der Waals surface area contributed by atoms with Crippen molar-refractivity contribution in [1.82, 2.24) is 19.9 Å². The third kappa shape index (κ3) is 3.64. The van der Waals surface area contributed by atoms with Crippen LogP contribution in [0.25, 0.3) is 22.3 Å². The number of carbonyl (C=O) groups is 1. The Balaban J connectivity index is 2.02. The third-order valence-corrected chi connectivity index (χ3v) is 4.35. The number of nitrogens with zero attached hydrogens (tertiary/aromatic N) is 5. The SMILES string of the molecule is CCN(CC)C(=O)CN(C)c1nc(-c2cccnc2)nc2ccccc12. The zero-order chi connectivity index (χ0) is 18.5. The van der Waals surface area contributed by atoms with Crippen molar-refractivity contribution in [3.05, 3.63) is 48.8 Å². The minimum absolute atomic E-state index is 0.0862. The molecule has 0 saturated carbocycles. The normalized spacial score (nSPS) is 10.7. The second-order valence-corrected chi connectivity index (χ2v) is 6.05. The molecule has 1 aromatic carbocycles. The first kappa shape index (κ1) is 17.8. The van der Waals surface area contributed by atoms with Gasteiger partial charge in [0.1, 0.15) is 5.82 Å². The van der Waals surface area contributed by atoms with Crippen LogP contribution in [0.2, 0.25) is 0 Å². The summed E-state index contributed by atoms with van der Waals surface area (Å²) in [5.41, 5.74) is 1.70. The van der Waals surface area contributed by atoms with Gasteiger partial charge in [0.05, 0.1) is 12.1 Å². The summed E-state index contributed by atoms with van der Waals surface area (Å²) in [5.74, 6) is 1.44. The van der Waals surface area contributed by atoms with Gasteiger partial charge in [-0.3, -0.25) is 9.78 Å². The van der Waals surface area contributed by atoms with Crippen molar-refractivity contribution in [1.29, 1.82) is 0 Å². The Labute approximate surface area is 153 Å². The summed E-state index contributed by atoms with van der Waals surface area (Å²) in [7, 11) is 1.89. The van der Waals surface area contributed by atoms with E-state index in [9.17, 15) is 4.79 Å². The van der Waals surface area contributed by atoms with E-state index >= 15 is 0 Å². The van der Waals surface area contributed by atoms with Crippen LogP contribution in [0.1, 0.15) is 13.8 Å². The average molecular weight is 349 g/mol. The summed E-state index contributed by atoms with van der Waals surface area (Å²) in [4.78, 5) is 29.8. The number of aromatic nitrogens is 3. The molecule has 3 rings (SSSR count). The van der Waals surface area contributed by atoms with E-state index < -0.39 is 0 Å². The molecule has 0 atom stereocenters. The maximum atomic E-state index is 12.5. The molecular weight excluding hydrogens is 326 g/mol. The van der Waals surface area contributed by atoms with E-state index in [4.69, 9.17) is 4.98 Å². The monoisotopic (exact) mass is 349 g/mol. The molecule has 0 bridgehead atoms. The van der Waals surface area contributed by atoms with Crippen molar-refractivity contribution in [2.45, 2.75) is 13.8 Å². The van der Waals surface area contributed by atoms with Crippen LogP contribution in [0.5, 0.6) is 0 Å². The quantitative estimate of drug-likeness (QED) is 0.684. The molecule has 134 valence electrons. The smallest absolute Gasteiger partial charge is 0.242 e. The molecule has 0 saturated heterocycles. The van der Waals surface area contributed by atoms with Crippen molar-refractivity contribution in [3.63, 3.8) is 0 Å². The third-order valence-electron chi connectivity index (χ3n) is 4.35. The van der Waals surface area contributed by atoms with Gasteiger partial charge in [-0.25, -0.2) is 9.97 Å². The Morgan fingerprint density at radius 1 is 1.04 bits per heavy atom. The summed E-state index contributed by atoms with van der Waals surface area (Å²) in [6, 6.07) is 11.6. The van der Waals surface area contributed by atoms with E-state index in [-0.39, 0.29) is 12.5 Å². The summed E-state index contributed by atoms with van der Waals surface area (Å²) in [6.45, 7) is 5.66. The Morgan fingerprint density at radius 3 is 2.50 bits per heavy atom. The zero-order valence-corrected chi connectivity index (χ0v) is 15.4. The van der Waals surface area contributed by atoms with Crippen LogP contribution in [-0.4, -0.2) is 52.4 Å². The highest BCUT2D eigenvalue weighted by Crippen LogP contribution is 2.26. The number of carbonyl (C=O) groups excluding carboxylic acids is 1. The van der Waals surface area contributed by atoms with Crippen LogP contribution < -0.4 is 4.90 Å². The molecule has 26 heavy (non-hydrogen) atoms. The van der Waals surface area contributed by atoms with E-state index in [1.54, 1.807) is 12.4 Å². The van der Waals surface area contributed by atoms with Crippen molar-refractivity contribution in [2.24, 2.45) is 0 Å². The highest BCUT2D eigenvalue weighted by molar-refractivity contribution is 5.92. The van der Waals surface area contributed by atoms with Crippen LogP contribution in [-0.2, 0) is 4.79 Å². The number of benzene rings is 1. The fraction of sp³-hybridized carbons (Fsp3) is 0.300. The molecule has 2 heterocycles. The molecule has 0 spiro atoms. The topological polar surface area (TPSA) is 62.2 Å². The van der Waals surface area contributed by atoms with E-state index in [0.717, 1.165) is 22.3 Å². The molecule has 6 heteroatoms. The predicted molar refractivity (Wildman–Crippen MR) is 104 cm³/mol.